The van der Waals surface area contributed by atoms with Crippen LogP contribution in [0.5, 0.6) is 5.75 Å². The number of amides is 1. The molecule has 1 aromatic rings. The molecule has 0 spiro atoms. The summed E-state index contributed by atoms with van der Waals surface area (Å²) in [6.45, 7) is 3.51. The van der Waals surface area contributed by atoms with E-state index in [2.05, 4.69) is 17.4 Å². The van der Waals surface area contributed by atoms with Crippen LogP contribution in [-0.4, -0.2) is 50.4 Å². The highest BCUT2D eigenvalue weighted by Crippen LogP contribution is 2.22. The van der Waals surface area contributed by atoms with Crippen LogP contribution in [0.3, 0.4) is 0 Å². The zero-order valence-electron chi connectivity index (χ0n) is 13.8. The minimum Gasteiger partial charge on any atom is -0.497 e. The molecule has 2 aliphatic heterocycles. The molecule has 3 rings (SSSR count). The summed E-state index contributed by atoms with van der Waals surface area (Å²) in [5.74, 6) is 1.58. The van der Waals surface area contributed by atoms with E-state index >= 15 is 0 Å². The van der Waals surface area contributed by atoms with Crippen LogP contribution in [0.2, 0.25) is 0 Å². The van der Waals surface area contributed by atoms with Crippen molar-refractivity contribution in [3.05, 3.63) is 29.8 Å². The number of rotatable bonds is 6. The summed E-state index contributed by atoms with van der Waals surface area (Å²) in [7, 11) is 1.67. The first kappa shape index (κ1) is 16.1. The predicted molar refractivity (Wildman–Crippen MR) is 88.8 cm³/mol. The number of cyclic esters (lactones) is 1. The molecule has 2 fully saturated rings. The van der Waals surface area contributed by atoms with E-state index in [-0.39, 0.29) is 12.1 Å². The molecule has 1 atom stereocenters. The minimum atomic E-state index is -0.155. The maximum absolute atomic E-state index is 12.0. The fraction of sp³-hybridized carbons (Fsp3) is 0.611. The summed E-state index contributed by atoms with van der Waals surface area (Å²) >= 11 is 0. The van der Waals surface area contributed by atoms with Gasteiger partial charge < -0.3 is 19.7 Å². The molecule has 2 aliphatic rings. The minimum absolute atomic E-state index is 0.151. The summed E-state index contributed by atoms with van der Waals surface area (Å²) in [5, 5.41) is 3.39. The van der Waals surface area contributed by atoms with Gasteiger partial charge in [0, 0.05) is 6.54 Å². The SMILES string of the molecule is COc1ccc(C[C@H]2COC(=O)N2CCC2CCNCC2)cc1. The van der Waals surface area contributed by atoms with Crippen LogP contribution in [0.25, 0.3) is 0 Å². The quantitative estimate of drug-likeness (QED) is 0.875. The third kappa shape index (κ3) is 4.16. The average molecular weight is 318 g/mol. The molecule has 0 aliphatic carbocycles. The van der Waals surface area contributed by atoms with Crippen molar-refractivity contribution in [3.63, 3.8) is 0 Å². The number of nitrogens with one attached hydrogen (secondary N) is 1. The molecule has 1 amide bonds. The molecule has 0 unspecified atom stereocenters. The fourth-order valence-corrected chi connectivity index (χ4v) is 3.46. The molecular formula is C18H26N2O3. The second-order valence-electron chi connectivity index (χ2n) is 6.46. The first-order valence-electron chi connectivity index (χ1n) is 8.53. The van der Waals surface area contributed by atoms with E-state index in [0.717, 1.165) is 44.1 Å². The third-order valence-electron chi connectivity index (χ3n) is 4.94. The van der Waals surface area contributed by atoms with Gasteiger partial charge in [0.1, 0.15) is 12.4 Å². The predicted octanol–water partition coefficient (Wildman–Crippen LogP) is 2.45. The average Bonchev–Trinajstić information content (AvgIpc) is 2.94. The van der Waals surface area contributed by atoms with E-state index in [1.165, 1.54) is 18.4 Å². The number of piperidine rings is 1. The lowest BCUT2D eigenvalue weighted by atomic mass is 9.94. The number of benzene rings is 1. The molecule has 0 saturated carbocycles. The highest BCUT2D eigenvalue weighted by molar-refractivity contribution is 5.70. The number of nitrogens with zero attached hydrogens (tertiary/aromatic N) is 1. The lowest BCUT2D eigenvalue weighted by Gasteiger charge is -2.26. The molecule has 0 aromatic heterocycles. The van der Waals surface area contributed by atoms with Gasteiger partial charge in [-0.15, -0.1) is 0 Å². The van der Waals surface area contributed by atoms with Crippen molar-refractivity contribution in [2.45, 2.75) is 31.7 Å². The molecule has 23 heavy (non-hydrogen) atoms. The first-order valence-corrected chi connectivity index (χ1v) is 8.53. The second-order valence-corrected chi connectivity index (χ2v) is 6.46. The summed E-state index contributed by atoms with van der Waals surface area (Å²) in [4.78, 5) is 13.9. The van der Waals surface area contributed by atoms with Crippen LogP contribution in [0, 0.1) is 5.92 Å². The highest BCUT2D eigenvalue weighted by Gasteiger charge is 2.33. The zero-order chi connectivity index (χ0) is 16.1. The maximum atomic E-state index is 12.0. The molecular weight excluding hydrogens is 292 g/mol. The van der Waals surface area contributed by atoms with E-state index in [1.807, 2.05) is 17.0 Å². The van der Waals surface area contributed by atoms with Gasteiger partial charge in [0.05, 0.1) is 13.2 Å². The fourth-order valence-electron chi connectivity index (χ4n) is 3.46. The zero-order valence-corrected chi connectivity index (χ0v) is 13.8. The van der Waals surface area contributed by atoms with E-state index in [1.54, 1.807) is 7.11 Å². The van der Waals surface area contributed by atoms with Gasteiger partial charge >= 0.3 is 6.09 Å². The van der Waals surface area contributed by atoms with Gasteiger partial charge in [-0.1, -0.05) is 12.1 Å². The van der Waals surface area contributed by atoms with Gasteiger partial charge in [-0.2, -0.15) is 0 Å². The summed E-state index contributed by atoms with van der Waals surface area (Å²) in [6, 6.07) is 8.20. The van der Waals surface area contributed by atoms with Crippen molar-refractivity contribution in [2.24, 2.45) is 5.92 Å². The Labute approximate surface area is 137 Å². The first-order chi connectivity index (χ1) is 11.3. The molecule has 1 N–H and O–H groups in total. The maximum Gasteiger partial charge on any atom is 0.410 e. The van der Waals surface area contributed by atoms with E-state index < -0.39 is 0 Å². The summed E-state index contributed by atoms with van der Waals surface area (Å²) in [5.41, 5.74) is 1.21. The van der Waals surface area contributed by atoms with Crippen molar-refractivity contribution in [2.75, 3.05) is 33.4 Å². The Morgan fingerprint density at radius 2 is 2.00 bits per heavy atom. The standard InChI is InChI=1S/C18H26N2O3/c1-22-17-4-2-15(3-5-17)12-16-13-23-18(21)20(16)11-8-14-6-9-19-10-7-14/h2-5,14,16,19H,6-13H2,1H3/t16-/m0/s1. The van der Waals surface area contributed by atoms with Gasteiger partial charge in [0.25, 0.3) is 0 Å². The Hall–Kier alpha value is -1.75. The monoisotopic (exact) mass is 318 g/mol. The highest BCUT2D eigenvalue weighted by atomic mass is 16.6. The molecule has 2 heterocycles. The molecule has 2 saturated heterocycles. The van der Waals surface area contributed by atoms with Crippen LogP contribution in [0.4, 0.5) is 4.79 Å². The molecule has 126 valence electrons. The van der Waals surface area contributed by atoms with Crippen molar-refractivity contribution < 1.29 is 14.3 Å². The lowest BCUT2D eigenvalue weighted by molar-refractivity contribution is 0.154. The van der Waals surface area contributed by atoms with Gasteiger partial charge in [0.2, 0.25) is 0 Å². The van der Waals surface area contributed by atoms with Crippen LogP contribution >= 0.6 is 0 Å². The number of carbonyl (C=O) groups is 1. The van der Waals surface area contributed by atoms with Gasteiger partial charge in [-0.25, -0.2) is 4.79 Å². The van der Waals surface area contributed by atoms with E-state index in [4.69, 9.17) is 9.47 Å². The Morgan fingerprint density at radius 3 is 2.70 bits per heavy atom. The second kappa shape index (κ2) is 7.68. The third-order valence-corrected chi connectivity index (χ3v) is 4.94. The number of hydrogen-bond acceptors (Lipinski definition) is 4. The number of hydrogen-bond donors (Lipinski definition) is 1. The largest absolute Gasteiger partial charge is 0.497 e. The summed E-state index contributed by atoms with van der Waals surface area (Å²) in [6.07, 6.45) is 4.19. The Kier molecular flexibility index (Phi) is 5.39. The van der Waals surface area contributed by atoms with Crippen LogP contribution in [-0.2, 0) is 11.2 Å². The molecule has 0 radical (unpaired) electrons. The summed E-state index contributed by atoms with van der Waals surface area (Å²) < 4.78 is 10.5. The Bertz CT molecular complexity index is 512. The number of ether oxygens (including phenoxy) is 2. The van der Waals surface area contributed by atoms with E-state index in [9.17, 15) is 4.79 Å². The Morgan fingerprint density at radius 1 is 1.26 bits per heavy atom. The lowest BCUT2D eigenvalue weighted by Crippen LogP contribution is -2.37. The number of carbonyl (C=O) groups excluding carboxylic acids is 1. The van der Waals surface area contributed by atoms with Crippen LogP contribution in [0.15, 0.2) is 24.3 Å². The van der Waals surface area contributed by atoms with Crippen molar-refractivity contribution in [1.82, 2.24) is 10.2 Å². The topological polar surface area (TPSA) is 50.8 Å². The normalized spacial score (nSPS) is 22.2. The Balaban J connectivity index is 1.55. The van der Waals surface area contributed by atoms with Gasteiger partial charge in [-0.3, -0.25) is 0 Å². The van der Waals surface area contributed by atoms with Crippen molar-refractivity contribution in [3.8, 4) is 5.75 Å². The number of methoxy groups -OCH3 is 1. The molecule has 5 heteroatoms. The van der Waals surface area contributed by atoms with Crippen LogP contribution in [0.1, 0.15) is 24.8 Å². The smallest absolute Gasteiger partial charge is 0.410 e. The molecule has 0 bridgehead atoms. The van der Waals surface area contributed by atoms with E-state index in [0.29, 0.717) is 6.61 Å². The van der Waals surface area contributed by atoms with Crippen molar-refractivity contribution in [1.29, 1.82) is 0 Å². The molecule has 5 nitrogen and oxygen atoms in total. The van der Waals surface area contributed by atoms with Gasteiger partial charge in [-0.05, 0) is 62.4 Å². The van der Waals surface area contributed by atoms with Crippen molar-refractivity contribution >= 4 is 6.09 Å². The van der Waals surface area contributed by atoms with Gasteiger partial charge in [0.15, 0.2) is 0 Å². The molecule has 1 aromatic carbocycles. The van der Waals surface area contributed by atoms with Crippen LogP contribution < -0.4 is 10.1 Å².